The van der Waals surface area contributed by atoms with Crippen molar-refractivity contribution >= 4 is 0 Å². The van der Waals surface area contributed by atoms with Crippen LogP contribution in [0.4, 0.5) is 0 Å². The minimum Gasteiger partial charge on any atom is -0.353 e. The van der Waals surface area contributed by atoms with Crippen LogP contribution >= 0.6 is 0 Å². The molecule has 4 rings (SSSR count). The standard InChI is InChI=1S/C15H24O2/c1-10-8-13(12-9-11(10)15(12,2)3)17-14-6-4-5-7-16-14/h8,11-14H,4-7,9H2,1-3H3. The highest BCUT2D eigenvalue weighted by Crippen LogP contribution is 2.59. The minimum atomic E-state index is 0.0470. The van der Waals surface area contributed by atoms with Gasteiger partial charge in [-0.3, -0.25) is 0 Å². The Hall–Kier alpha value is -0.340. The zero-order valence-electron chi connectivity index (χ0n) is 11.2. The van der Waals surface area contributed by atoms with E-state index in [1.807, 2.05) is 0 Å². The molecule has 0 aromatic rings. The van der Waals surface area contributed by atoms with Crippen molar-refractivity contribution in [1.82, 2.24) is 0 Å². The molecule has 0 amide bonds. The van der Waals surface area contributed by atoms with Gasteiger partial charge in [-0.15, -0.1) is 0 Å². The smallest absolute Gasteiger partial charge is 0.158 e. The Morgan fingerprint density at radius 3 is 2.76 bits per heavy atom. The number of allylic oxidation sites excluding steroid dienone is 1. The number of ether oxygens (including phenoxy) is 2. The third-order valence-electron chi connectivity index (χ3n) is 5.16. The fraction of sp³-hybridized carbons (Fsp3) is 0.867. The Morgan fingerprint density at radius 2 is 2.18 bits per heavy atom. The monoisotopic (exact) mass is 236 g/mol. The van der Waals surface area contributed by atoms with E-state index < -0.39 is 0 Å². The molecule has 2 heteroatoms. The van der Waals surface area contributed by atoms with Crippen molar-refractivity contribution in [3.05, 3.63) is 11.6 Å². The van der Waals surface area contributed by atoms with Crippen LogP contribution in [0.3, 0.4) is 0 Å². The van der Waals surface area contributed by atoms with Gasteiger partial charge in [0.2, 0.25) is 0 Å². The average Bonchev–Trinajstić information content (AvgIpc) is 2.29. The highest BCUT2D eigenvalue weighted by molar-refractivity contribution is 5.25. The number of rotatable bonds is 2. The van der Waals surface area contributed by atoms with Crippen molar-refractivity contribution in [3.63, 3.8) is 0 Å². The highest BCUT2D eigenvalue weighted by atomic mass is 16.7. The van der Waals surface area contributed by atoms with Gasteiger partial charge in [0.05, 0.1) is 6.10 Å². The Bertz CT molecular complexity index is 326. The lowest BCUT2D eigenvalue weighted by molar-refractivity contribution is -0.216. The summed E-state index contributed by atoms with van der Waals surface area (Å²) in [5.74, 6) is 1.49. The van der Waals surface area contributed by atoms with Crippen LogP contribution in [-0.4, -0.2) is 19.0 Å². The summed E-state index contributed by atoms with van der Waals surface area (Å²) in [4.78, 5) is 0. The largest absolute Gasteiger partial charge is 0.353 e. The zero-order chi connectivity index (χ0) is 12.0. The number of fused-ring (bicyclic) bond motifs is 1. The first-order valence-electron chi connectivity index (χ1n) is 7.04. The summed E-state index contributed by atoms with van der Waals surface area (Å²) in [7, 11) is 0. The molecule has 0 aromatic carbocycles. The third kappa shape index (κ3) is 1.86. The summed E-state index contributed by atoms with van der Waals surface area (Å²) in [6.07, 6.45) is 7.51. The molecule has 1 heterocycles. The van der Waals surface area contributed by atoms with Gasteiger partial charge in [0.1, 0.15) is 0 Å². The Morgan fingerprint density at radius 1 is 1.35 bits per heavy atom. The first kappa shape index (κ1) is 11.7. The molecule has 0 N–H and O–H groups in total. The molecule has 0 radical (unpaired) electrons. The number of hydrogen-bond acceptors (Lipinski definition) is 2. The fourth-order valence-corrected chi connectivity index (χ4v) is 3.91. The molecule has 0 aromatic heterocycles. The van der Waals surface area contributed by atoms with Crippen molar-refractivity contribution in [3.8, 4) is 0 Å². The molecule has 2 nitrogen and oxygen atoms in total. The predicted molar refractivity (Wildman–Crippen MR) is 67.6 cm³/mol. The topological polar surface area (TPSA) is 18.5 Å². The maximum Gasteiger partial charge on any atom is 0.158 e. The SMILES string of the molecule is CC1=CC(OC2CCCCO2)C2CC1C2(C)C. The van der Waals surface area contributed by atoms with Gasteiger partial charge in [-0.2, -0.15) is 0 Å². The van der Waals surface area contributed by atoms with E-state index in [9.17, 15) is 0 Å². The Kier molecular flexibility index (Phi) is 2.83. The molecule has 2 bridgehead atoms. The molecule has 2 fully saturated rings. The van der Waals surface area contributed by atoms with Crippen molar-refractivity contribution in [2.75, 3.05) is 6.61 Å². The molecule has 17 heavy (non-hydrogen) atoms. The van der Waals surface area contributed by atoms with E-state index in [2.05, 4.69) is 26.8 Å². The zero-order valence-corrected chi connectivity index (χ0v) is 11.2. The first-order chi connectivity index (χ1) is 8.09. The van der Waals surface area contributed by atoms with Gasteiger partial charge in [0.25, 0.3) is 0 Å². The summed E-state index contributed by atoms with van der Waals surface area (Å²) in [6.45, 7) is 7.91. The molecule has 4 atom stereocenters. The van der Waals surface area contributed by atoms with Crippen molar-refractivity contribution in [1.29, 1.82) is 0 Å². The molecular formula is C15H24O2. The summed E-state index contributed by atoms with van der Waals surface area (Å²) in [5, 5.41) is 0. The second kappa shape index (κ2) is 4.10. The highest BCUT2D eigenvalue weighted by Gasteiger charge is 2.55. The van der Waals surface area contributed by atoms with Crippen LogP contribution in [-0.2, 0) is 9.47 Å². The molecule has 96 valence electrons. The number of hydrogen-bond donors (Lipinski definition) is 0. The van der Waals surface area contributed by atoms with Gasteiger partial charge in [0, 0.05) is 6.61 Å². The molecule has 4 aliphatic rings. The van der Waals surface area contributed by atoms with Gasteiger partial charge in [0.15, 0.2) is 6.29 Å². The van der Waals surface area contributed by atoms with Gasteiger partial charge in [-0.25, -0.2) is 0 Å². The van der Waals surface area contributed by atoms with Gasteiger partial charge < -0.3 is 9.47 Å². The Balaban J connectivity index is 1.69. The van der Waals surface area contributed by atoms with Crippen molar-refractivity contribution < 1.29 is 9.47 Å². The quantitative estimate of drug-likeness (QED) is 0.683. The van der Waals surface area contributed by atoms with E-state index in [0.29, 0.717) is 11.3 Å². The maximum absolute atomic E-state index is 6.19. The van der Waals surface area contributed by atoms with Crippen LogP contribution in [0.5, 0.6) is 0 Å². The molecular weight excluding hydrogens is 212 g/mol. The van der Waals surface area contributed by atoms with Crippen LogP contribution in [0.15, 0.2) is 11.6 Å². The lowest BCUT2D eigenvalue weighted by atomic mass is 9.48. The molecule has 3 aliphatic carbocycles. The molecule has 4 unspecified atom stereocenters. The van der Waals surface area contributed by atoms with Crippen LogP contribution in [0, 0.1) is 17.3 Å². The van der Waals surface area contributed by atoms with Gasteiger partial charge in [-0.1, -0.05) is 25.5 Å². The summed E-state index contributed by atoms with van der Waals surface area (Å²) in [5.41, 5.74) is 1.95. The predicted octanol–water partition coefficient (Wildman–Crippen LogP) is 3.52. The van der Waals surface area contributed by atoms with E-state index in [0.717, 1.165) is 18.9 Å². The lowest BCUT2D eigenvalue weighted by Gasteiger charge is -2.59. The fourth-order valence-electron chi connectivity index (χ4n) is 3.91. The van der Waals surface area contributed by atoms with Crippen LogP contribution in [0.25, 0.3) is 0 Å². The van der Waals surface area contributed by atoms with Crippen LogP contribution in [0.2, 0.25) is 0 Å². The van der Waals surface area contributed by atoms with Crippen molar-refractivity contribution in [2.24, 2.45) is 17.3 Å². The molecule has 1 saturated carbocycles. The maximum atomic E-state index is 6.19. The second-order valence-corrected chi connectivity index (χ2v) is 6.52. The van der Waals surface area contributed by atoms with E-state index in [1.54, 1.807) is 0 Å². The Labute approximate surface area is 104 Å². The van der Waals surface area contributed by atoms with Gasteiger partial charge >= 0.3 is 0 Å². The third-order valence-corrected chi connectivity index (χ3v) is 5.16. The van der Waals surface area contributed by atoms with E-state index in [4.69, 9.17) is 9.47 Å². The van der Waals surface area contributed by atoms with E-state index >= 15 is 0 Å². The minimum absolute atomic E-state index is 0.0470. The summed E-state index contributed by atoms with van der Waals surface area (Å²) < 4.78 is 11.9. The van der Waals surface area contributed by atoms with Crippen LogP contribution in [0.1, 0.15) is 46.5 Å². The lowest BCUT2D eigenvalue weighted by Crippen LogP contribution is -2.55. The normalized spacial score (nSPS) is 43.8. The average molecular weight is 236 g/mol. The molecule has 1 saturated heterocycles. The first-order valence-corrected chi connectivity index (χ1v) is 7.04. The van der Waals surface area contributed by atoms with E-state index in [1.165, 1.54) is 24.8 Å². The van der Waals surface area contributed by atoms with E-state index in [-0.39, 0.29) is 12.4 Å². The van der Waals surface area contributed by atoms with Crippen molar-refractivity contribution in [2.45, 2.75) is 58.8 Å². The van der Waals surface area contributed by atoms with Gasteiger partial charge in [-0.05, 0) is 49.9 Å². The summed E-state index contributed by atoms with van der Waals surface area (Å²) >= 11 is 0. The molecule has 1 aliphatic heterocycles. The second-order valence-electron chi connectivity index (χ2n) is 6.52. The van der Waals surface area contributed by atoms with Crippen LogP contribution < -0.4 is 0 Å². The summed E-state index contributed by atoms with van der Waals surface area (Å²) in [6, 6.07) is 0. The molecule has 0 spiro atoms.